The summed E-state index contributed by atoms with van der Waals surface area (Å²) in [6.45, 7) is 5.86. The lowest BCUT2D eigenvalue weighted by molar-refractivity contribution is -0.147. The van der Waals surface area contributed by atoms with Gasteiger partial charge >= 0.3 is 5.97 Å². The first-order valence-corrected chi connectivity index (χ1v) is 11.8. The quantitative estimate of drug-likeness (QED) is 0.392. The van der Waals surface area contributed by atoms with Gasteiger partial charge in [-0.1, -0.05) is 29.8 Å². The van der Waals surface area contributed by atoms with Crippen LogP contribution in [0.5, 0.6) is 0 Å². The van der Waals surface area contributed by atoms with E-state index in [9.17, 15) is 18.0 Å². The van der Waals surface area contributed by atoms with Gasteiger partial charge in [0.1, 0.15) is 0 Å². The highest BCUT2D eigenvalue weighted by molar-refractivity contribution is 7.89. The molecule has 0 saturated heterocycles. The number of nitrogens with one attached hydrogen (secondary N) is 2. The second-order valence-corrected chi connectivity index (χ2v) is 9.36. The lowest BCUT2D eigenvalue weighted by Crippen LogP contribution is -2.31. The van der Waals surface area contributed by atoms with Gasteiger partial charge in [-0.05, 0) is 50.6 Å². The molecule has 1 unspecified atom stereocenters. The summed E-state index contributed by atoms with van der Waals surface area (Å²) in [5.74, 6) is -0.848. The molecule has 0 bridgehead atoms. The molecule has 0 saturated carbocycles. The summed E-state index contributed by atoms with van der Waals surface area (Å²) in [5.41, 5.74) is 2.10. The van der Waals surface area contributed by atoms with Crippen molar-refractivity contribution in [3.63, 3.8) is 0 Å². The SMILES string of the molecule is COCCNS(=O)(=O)c1ccc(C(=O)NC(CC(=O)OC(C)C)c2ccc(C)cc2)cc1. The van der Waals surface area contributed by atoms with Gasteiger partial charge in [0.15, 0.2) is 0 Å². The molecule has 2 N–H and O–H groups in total. The predicted molar refractivity (Wildman–Crippen MR) is 121 cm³/mol. The number of aryl methyl sites for hydroxylation is 1. The van der Waals surface area contributed by atoms with E-state index in [4.69, 9.17) is 9.47 Å². The van der Waals surface area contributed by atoms with Crippen LogP contribution < -0.4 is 10.0 Å². The van der Waals surface area contributed by atoms with Gasteiger partial charge in [0.05, 0.1) is 30.1 Å². The summed E-state index contributed by atoms with van der Waals surface area (Å²) in [6.07, 6.45) is -0.285. The van der Waals surface area contributed by atoms with Crippen molar-refractivity contribution < 1.29 is 27.5 Å². The van der Waals surface area contributed by atoms with E-state index in [0.717, 1.165) is 11.1 Å². The zero-order chi connectivity index (χ0) is 23.7. The van der Waals surface area contributed by atoms with E-state index in [2.05, 4.69) is 10.0 Å². The molecule has 174 valence electrons. The molecule has 2 aromatic carbocycles. The van der Waals surface area contributed by atoms with Crippen molar-refractivity contribution >= 4 is 21.9 Å². The number of benzene rings is 2. The smallest absolute Gasteiger partial charge is 0.308 e. The third-order valence-corrected chi connectivity index (χ3v) is 6.02. The molecule has 0 heterocycles. The molecule has 0 radical (unpaired) electrons. The molecule has 9 heteroatoms. The van der Waals surface area contributed by atoms with E-state index in [-0.39, 0.29) is 36.1 Å². The summed E-state index contributed by atoms with van der Waals surface area (Å²) in [4.78, 5) is 25.1. The Morgan fingerprint density at radius 1 is 1.00 bits per heavy atom. The van der Waals surface area contributed by atoms with E-state index in [1.165, 1.54) is 31.4 Å². The first-order chi connectivity index (χ1) is 15.1. The van der Waals surface area contributed by atoms with Gasteiger partial charge < -0.3 is 14.8 Å². The second kappa shape index (κ2) is 11.8. The number of methoxy groups -OCH3 is 1. The highest BCUT2D eigenvalue weighted by atomic mass is 32.2. The van der Waals surface area contributed by atoms with E-state index < -0.39 is 27.9 Å². The Morgan fingerprint density at radius 2 is 1.62 bits per heavy atom. The maximum Gasteiger partial charge on any atom is 0.308 e. The Bertz CT molecular complexity index is 1000. The summed E-state index contributed by atoms with van der Waals surface area (Å²) < 4.78 is 37.0. The molecule has 0 aliphatic rings. The number of hydrogen-bond acceptors (Lipinski definition) is 6. The predicted octanol–water partition coefficient (Wildman–Crippen LogP) is 2.73. The van der Waals surface area contributed by atoms with Gasteiger partial charge in [-0.3, -0.25) is 9.59 Å². The number of esters is 1. The summed E-state index contributed by atoms with van der Waals surface area (Å²) in [5, 5.41) is 2.85. The van der Waals surface area contributed by atoms with Gasteiger partial charge in [-0.2, -0.15) is 0 Å². The average molecular weight is 463 g/mol. The number of hydrogen-bond donors (Lipinski definition) is 2. The van der Waals surface area contributed by atoms with Gasteiger partial charge in [0.25, 0.3) is 5.91 Å². The summed E-state index contributed by atoms with van der Waals surface area (Å²) in [7, 11) is -2.22. The first-order valence-electron chi connectivity index (χ1n) is 10.3. The van der Waals surface area contributed by atoms with Gasteiger partial charge in [0, 0.05) is 19.2 Å². The van der Waals surface area contributed by atoms with Gasteiger partial charge in [-0.25, -0.2) is 13.1 Å². The van der Waals surface area contributed by atoms with Crippen LogP contribution in [0.1, 0.15) is 47.8 Å². The fraction of sp³-hybridized carbons (Fsp3) is 0.391. The summed E-state index contributed by atoms with van der Waals surface area (Å²) in [6, 6.07) is 12.5. The third kappa shape index (κ3) is 7.74. The van der Waals surface area contributed by atoms with E-state index in [0.29, 0.717) is 0 Å². The second-order valence-electron chi connectivity index (χ2n) is 7.59. The lowest BCUT2D eigenvalue weighted by Gasteiger charge is -2.20. The average Bonchev–Trinajstić information content (AvgIpc) is 2.73. The molecule has 0 aliphatic heterocycles. The third-order valence-electron chi connectivity index (χ3n) is 4.55. The van der Waals surface area contributed by atoms with Crippen molar-refractivity contribution in [1.29, 1.82) is 0 Å². The number of ether oxygens (including phenoxy) is 2. The first kappa shape index (κ1) is 25.5. The van der Waals surface area contributed by atoms with Crippen LogP contribution >= 0.6 is 0 Å². The zero-order valence-corrected chi connectivity index (χ0v) is 19.6. The number of carbonyl (C=O) groups is 2. The van der Waals surface area contributed by atoms with E-state index >= 15 is 0 Å². The van der Waals surface area contributed by atoms with Crippen LogP contribution in [0.15, 0.2) is 53.4 Å². The Hall–Kier alpha value is -2.75. The molecule has 2 aromatic rings. The largest absolute Gasteiger partial charge is 0.463 e. The van der Waals surface area contributed by atoms with Crippen molar-refractivity contribution in [2.75, 3.05) is 20.3 Å². The number of carbonyl (C=O) groups excluding carboxylic acids is 2. The normalized spacial score (nSPS) is 12.4. The molecule has 0 aromatic heterocycles. The fourth-order valence-electron chi connectivity index (χ4n) is 2.92. The maximum absolute atomic E-state index is 12.8. The molecule has 0 fully saturated rings. The molecule has 0 aliphatic carbocycles. The van der Waals surface area contributed by atoms with Crippen LogP contribution in [0.25, 0.3) is 0 Å². The molecule has 0 spiro atoms. The fourth-order valence-corrected chi connectivity index (χ4v) is 3.93. The van der Waals surface area contributed by atoms with Crippen LogP contribution in [0.4, 0.5) is 0 Å². The van der Waals surface area contributed by atoms with Crippen molar-refractivity contribution in [3.8, 4) is 0 Å². The Kier molecular flexibility index (Phi) is 9.37. The zero-order valence-electron chi connectivity index (χ0n) is 18.8. The monoisotopic (exact) mass is 462 g/mol. The number of sulfonamides is 1. The van der Waals surface area contributed by atoms with Crippen LogP contribution in [-0.2, 0) is 24.3 Å². The van der Waals surface area contributed by atoms with Gasteiger partial charge in [-0.15, -0.1) is 0 Å². The van der Waals surface area contributed by atoms with Crippen molar-refractivity contribution in [1.82, 2.24) is 10.0 Å². The molecular formula is C23H30N2O6S. The molecule has 1 atom stereocenters. The maximum atomic E-state index is 12.8. The van der Waals surface area contributed by atoms with Crippen LogP contribution in [0.2, 0.25) is 0 Å². The Morgan fingerprint density at radius 3 is 2.19 bits per heavy atom. The van der Waals surface area contributed by atoms with Crippen LogP contribution in [0.3, 0.4) is 0 Å². The minimum Gasteiger partial charge on any atom is -0.463 e. The molecular weight excluding hydrogens is 432 g/mol. The van der Waals surface area contributed by atoms with Crippen molar-refractivity contribution in [2.24, 2.45) is 0 Å². The van der Waals surface area contributed by atoms with E-state index in [1.54, 1.807) is 13.8 Å². The van der Waals surface area contributed by atoms with Crippen molar-refractivity contribution in [2.45, 2.75) is 44.2 Å². The minimum absolute atomic E-state index is 0.0249. The van der Waals surface area contributed by atoms with Crippen LogP contribution in [0, 0.1) is 6.92 Å². The highest BCUT2D eigenvalue weighted by Gasteiger charge is 2.21. The van der Waals surface area contributed by atoms with Gasteiger partial charge in [0.2, 0.25) is 10.0 Å². The number of rotatable bonds is 11. The topological polar surface area (TPSA) is 111 Å². The van der Waals surface area contributed by atoms with Crippen LogP contribution in [-0.4, -0.2) is 46.7 Å². The molecule has 2 rings (SSSR count). The Balaban J connectivity index is 2.16. The molecule has 32 heavy (non-hydrogen) atoms. The standard InChI is InChI=1S/C23H30N2O6S/c1-16(2)31-22(26)15-21(18-7-5-17(3)6-8-18)25-23(27)19-9-11-20(12-10-19)32(28,29)24-13-14-30-4/h5-12,16,21,24H,13-15H2,1-4H3,(H,25,27). The Labute approximate surface area is 189 Å². The highest BCUT2D eigenvalue weighted by Crippen LogP contribution is 2.20. The summed E-state index contributed by atoms with van der Waals surface area (Å²) >= 11 is 0. The molecule has 8 nitrogen and oxygen atoms in total. The number of amides is 1. The lowest BCUT2D eigenvalue weighted by atomic mass is 10.0. The van der Waals surface area contributed by atoms with Crippen molar-refractivity contribution in [3.05, 3.63) is 65.2 Å². The minimum atomic E-state index is -3.70. The van der Waals surface area contributed by atoms with E-state index in [1.807, 2.05) is 31.2 Å². The molecule has 1 amide bonds.